The summed E-state index contributed by atoms with van der Waals surface area (Å²) in [6.45, 7) is 3.27. The third-order valence-electron chi connectivity index (χ3n) is 2.75. The third kappa shape index (κ3) is 4.43. The minimum atomic E-state index is 0.122. The van der Waals surface area contributed by atoms with Crippen LogP contribution in [0.25, 0.3) is 0 Å². The second kappa shape index (κ2) is 7.55. The first-order chi connectivity index (χ1) is 8.88. The van der Waals surface area contributed by atoms with Gasteiger partial charge in [-0.25, -0.2) is 0 Å². The molecule has 0 saturated carbocycles. The highest BCUT2D eigenvalue weighted by atomic mass is 32.1. The molecule has 1 atom stereocenters. The second-order valence-electron chi connectivity index (χ2n) is 4.32. The number of rotatable bonds is 5. The van der Waals surface area contributed by atoms with Gasteiger partial charge < -0.3 is 14.6 Å². The molecule has 1 aliphatic rings. The lowest BCUT2D eigenvalue weighted by atomic mass is 10.1. The summed E-state index contributed by atoms with van der Waals surface area (Å²) in [4.78, 5) is 1.20. The zero-order chi connectivity index (χ0) is 12.6. The summed E-state index contributed by atoms with van der Waals surface area (Å²) in [5, 5.41) is 10.7. The van der Waals surface area contributed by atoms with Crippen molar-refractivity contribution >= 4 is 11.3 Å². The molecule has 0 aromatic carbocycles. The lowest BCUT2D eigenvalue weighted by Crippen LogP contribution is -2.08. The van der Waals surface area contributed by atoms with Gasteiger partial charge in [0, 0.05) is 34.8 Å². The van der Waals surface area contributed by atoms with E-state index in [2.05, 4.69) is 17.9 Å². The zero-order valence-electron chi connectivity index (χ0n) is 10.4. The van der Waals surface area contributed by atoms with Crippen LogP contribution in [0.4, 0.5) is 0 Å². The number of thiophene rings is 1. The normalized spacial score (nSPS) is 18.6. The standard InChI is InChI=1S/C14H18O3S/c15-5-2-1-3-12-7-14(18-11-12)10-17-9-13-4-6-16-8-13/h7,11,13,15H,2,4-6,8-10H2. The topological polar surface area (TPSA) is 38.7 Å². The Morgan fingerprint density at radius 1 is 1.56 bits per heavy atom. The number of ether oxygens (including phenoxy) is 2. The Kier molecular flexibility index (Phi) is 5.69. The van der Waals surface area contributed by atoms with Gasteiger partial charge in [0.25, 0.3) is 0 Å². The van der Waals surface area contributed by atoms with E-state index in [0.29, 0.717) is 18.9 Å². The van der Waals surface area contributed by atoms with Gasteiger partial charge in [0.15, 0.2) is 0 Å². The fraction of sp³-hybridized carbons (Fsp3) is 0.571. The summed E-state index contributed by atoms with van der Waals surface area (Å²) in [5.41, 5.74) is 1.01. The first-order valence-electron chi connectivity index (χ1n) is 6.21. The van der Waals surface area contributed by atoms with Crippen LogP contribution in [0, 0.1) is 17.8 Å². The Morgan fingerprint density at radius 3 is 3.28 bits per heavy atom. The van der Waals surface area contributed by atoms with Gasteiger partial charge >= 0.3 is 0 Å². The van der Waals surface area contributed by atoms with E-state index < -0.39 is 0 Å². The van der Waals surface area contributed by atoms with Gasteiger partial charge in [-0.05, 0) is 12.5 Å². The van der Waals surface area contributed by atoms with Gasteiger partial charge in [0.1, 0.15) is 0 Å². The first kappa shape index (κ1) is 13.6. The van der Waals surface area contributed by atoms with E-state index in [1.807, 2.05) is 5.38 Å². The number of hydrogen-bond acceptors (Lipinski definition) is 4. The largest absolute Gasteiger partial charge is 0.395 e. The maximum absolute atomic E-state index is 8.64. The second-order valence-corrected chi connectivity index (χ2v) is 5.32. The van der Waals surface area contributed by atoms with Crippen LogP contribution in [-0.4, -0.2) is 31.5 Å². The Balaban J connectivity index is 1.71. The van der Waals surface area contributed by atoms with Crippen LogP contribution in [0.5, 0.6) is 0 Å². The molecule has 1 unspecified atom stereocenters. The molecule has 0 bridgehead atoms. The van der Waals surface area contributed by atoms with Crippen molar-refractivity contribution in [2.45, 2.75) is 19.4 Å². The molecular formula is C14H18O3S. The maximum Gasteiger partial charge on any atom is 0.0809 e. The summed E-state index contributed by atoms with van der Waals surface area (Å²) < 4.78 is 11.0. The van der Waals surface area contributed by atoms with E-state index in [-0.39, 0.29) is 6.61 Å². The fourth-order valence-corrected chi connectivity index (χ4v) is 2.54. The summed E-state index contributed by atoms with van der Waals surface area (Å²) in [6.07, 6.45) is 1.64. The third-order valence-corrected chi connectivity index (χ3v) is 3.66. The van der Waals surface area contributed by atoms with Gasteiger partial charge in [-0.1, -0.05) is 11.8 Å². The Labute approximate surface area is 112 Å². The molecule has 2 rings (SSSR count). The van der Waals surface area contributed by atoms with Crippen molar-refractivity contribution in [3.8, 4) is 11.8 Å². The molecular weight excluding hydrogens is 248 g/mol. The van der Waals surface area contributed by atoms with Crippen LogP contribution < -0.4 is 0 Å². The summed E-state index contributed by atoms with van der Waals surface area (Å²) in [6, 6.07) is 2.06. The molecule has 0 radical (unpaired) electrons. The predicted octanol–water partition coefficient (Wildman–Crippen LogP) is 2.04. The van der Waals surface area contributed by atoms with Crippen LogP contribution in [0.2, 0.25) is 0 Å². The van der Waals surface area contributed by atoms with E-state index >= 15 is 0 Å². The molecule has 1 aliphatic heterocycles. The van der Waals surface area contributed by atoms with Crippen LogP contribution >= 0.6 is 11.3 Å². The highest BCUT2D eigenvalue weighted by molar-refractivity contribution is 7.10. The van der Waals surface area contributed by atoms with Gasteiger partial charge in [-0.15, -0.1) is 11.3 Å². The molecule has 98 valence electrons. The van der Waals surface area contributed by atoms with Crippen molar-refractivity contribution in [1.82, 2.24) is 0 Å². The zero-order valence-corrected chi connectivity index (χ0v) is 11.2. The lowest BCUT2D eigenvalue weighted by molar-refractivity contribution is 0.0806. The molecule has 0 spiro atoms. The Bertz CT molecular complexity index is 410. The first-order valence-corrected chi connectivity index (χ1v) is 7.09. The Hall–Kier alpha value is -0.860. The van der Waals surface area contributed by atoms with Crippen molar-refractivity contribution in [2.75, 3.05) is 26.4 Å². The van der Waals surface area contributed by atoms with E-state index in [1.54, 1.807) is 11.3 Å². The monoisotopic (exact) mass is 266 g/mol. The van der Waals surface area contributed by atoms with Crippen molar-refractivity contribution in [3.63, 3.8) is 0 Å². The number of aliphatic hydroxyl groups is 1. The molecule has 3 nitrogen and oxygen atoms in total. The Morgan fingerprint density at radius 2 is 2.50 bits per heavy atom. The molecule has 1 fully saturated rings. The number of hydrogen-bond donors (Lipinski definition) is 1. The van der Waals surface area contributed by atoms with Gasteiger partial charge in [-0.3, -0.25) is 0 Å². The summed E-state index contributed by atoms with van der Waals surface area (Å²) >= 11 is 1.67. The molecule has 1 saturated heterocycles. The molecule has 1 aromatic rings. The van der Waals surface area contributed by atoms with E-state index in [9.17, 15) is 0 Å². The van der Waals surface area contributed by atoms with Crippen LogP contribution in [-0.2, 0) is 16.1 Å². The molecule has 18 heavy (non-hydrogen) atoms. The smallest absolute Gasteiger partial charge is 0.0809 e. The van der Waals surface area contributed by atoms with Gasteiger partial charge in [-0.2, -0.15) is 0 Å². The van der Waals surface area contributed by atoms with Crippen LogP contribution in [0.3, 0.4) is 0 Å². The molecule has 0 aliphatic carbocycles. The van der Waals surface area contributed by atoms with E-state index in [0.717, 1.165) is 31.8 Å². The minimum Gasteiger partial charge on any atom is -0.395 e. The minimum absolute atomic E-state index is 0.122. The molecule has 4 heteroatoms. The fourth-order valence-electron chi connectivity index (χ4n) is 1.78. The average Bonchev–Trinajstić information content (AvgIpc) is 3.01. The lowest BCUT2D eigenvalue weighted by Gasteiger charge is -2.07. The quantitative estimate of drug-likeness (QED) is 0.829. The molecule has 1 N–H and O–H groups in total. The molecule has 0 amide bonds. The summed E-state index contributed by atoms with van der Waals surface area (Å²) in [5.74, 6) is 6.50. The summed E-state index contributed by atoms with van der Waals surface area (Å²) in [7, 11) is 0. The van der Waals surface area contributed by atoms with Crippen molar-refractivity contribution in [1.29, 1.82) is 0 Å². The van der Waals surface area contributed by atoms with Crippen molar-refractivity contribution < 1.29 is 14.6 Å². The van der Waals surface area contributed by atoms with E-state index in [4.69, 9.17) is 14.6 Å². The van der Waals surface area contributed by atoms with Crippen LogP contribution in [0.15, 0.2) is 11.4 Å². The highest BCUT2D eigenvalue weighted by Crippen LogP contribution is 2.17. The molecule has 1 aromatic heterocycles. The average molecular weight is 266 g/mol. The van der Waals surface area contributed by atoms with Crippen LogP contribution in [0.1, 0.15) is 23.3 Å². The molecule has 2 heterocycles. The van der Waals surface area contributed by atoms with Crippen molar-refractivity contribution in [3.05, 3.63) is 21.9 Å². The van der Waals surface area contributed by atoms with Gasteiger partial charge in [0.2, 0.25) is 0 Å². The highest BCUT2D eigenvalue weighted by Gasteiger charge is 2.15. The number of aliphatic hydroxyl groups excluding tert-OH is 1. The van der Waals surface area contributed by atoms with Gasteiger partial charge in [0.05, 0.1) is 26.4 Å². The predicted molar refractivity (Wildman–Crippen MR) is 71.5 cm³/mol. The van der Waals surface area contributed by atoms with E-state index in [1.165, 1.54) is 4.88 Å². The SMILES string of the molecule is OCCC#Cc1csc(COCC2CCOC2)c1. The van der Waals surface area contributed by atoms with Crippen molar-refractivity contribution in [2.24, 2.45) is 5.92 Å². The maximum atomic E-state index is 8.64.